The lowest BCUT2D eigenvalue weighted by Gasteiger charge is -2.04. The molecule has 0 saturated heterocycles. The predicted molar refractivity (Wildman–Crippen MR) is 58.2 cm³/mol. The van der Waals surface area contributed by atoms with Gasteiger partial charge in [0.15, 0.2) is 0 Å². The molecule has 0 radical (unpaired) electrons. The molecule has 1 rings (SSSR count). The van der Waals surface area contributed by atoms with Gasteiger partial charge in [0.05, 0.1) is 12.2 Å². The molecule has 4 heteroatoms. The number of hydrogen-bond donors (Lipinski definition) is 0. The average molecular weight is 229 g/mol. The Labute approximate surface area is 93.9 Å². The predicted octanol–water partition coefficient (Wildman–Crippen LogP) is 2.53. The maximum absolute atomic E-state index is 11.4. The van der Waals surface area contributed by atoms with E-state index in [9.17, 15) is 4.79 Å². The highest BCUT2D eigenvalue weighted by atomic mass is 35.5. The number of hydrogen-bond acceptors (Lipinski definition) is 3. The minimum atomic E-state index is -0.355. The monoisotopic (exact) mass is 228 g/mol. The van der Waals surface area contributed by atoms with Gasteiger partial charge in [-0.2, -0.15) is 0 Å². The fourth-order valence-electron chi connectivity index (χ4n) is 1.01. The van der Waals surface area contributed by atoms with Gasteiger partial charge >= 0.3 is 5.97 Å². The van der Waals surface area contributed by atoms with Gasteiger partial charge < -0.3 is 9.47 Å². The van der Waals surface area contributed by atoms with Gasteiger partial charge in [0, 0.05) is 11.6 Å². The summed E-state index contributed by atoms with van der Waals surface area (Å²) in [5.74, 6) is -0.355. The molecule has 0 fully saturated rings. The highest BCUT2D eigenvalue weighted by molar-refractivity contribution is 6.30. The highest BCUT2D eigenvalue weighted by Crippen LogP contribution is 2.10. The molecule has 0 aliphatic rings. The first-order chi connectivity index (χ1) is 7.24. The van der Waals surface area contributed by atoms with Crippen molar-refractivity contribution in [2.45, 2.75) is 6.92 Å². The van der Waals surface area contributed by atoms with Crippen LogP contribution in [0.25, 0.3) is 0 Å². The van der Waals surface area contributed by atoms with E-state index in [1.54, 1.807) is 24.3 Å². The normalized spacial score (nSPS) is 10.0. The lowest BCUT2D eigenvalue weighted by molar-refractivity contribution is 0.0335. The second-order valence-electron chi connectivity index (χ2n) is 2.84. The van der Waals surface area contributed by atoms with Crippen molar-refractivity contribution in [1.82, 2.24) is 0 Å². The van der Waals surface area contributed by atoms with Gasteiger partial charge in [0.25, 0.3) is 0 Å². The Morgan fingerprint density at radius 1 is 1.27 bits per heavy atom. The van der Waals surface area contributed by atoms with Crippen LogP contribution in [0.4, 0.5) is 0 Å². The van der Waals surface area contributed by atoms with Crippen LogP contribution in [-0.4, -0.2) is 25.8 Å². The summed E-state index contributed by atoms with van der Waals surface area (Å²) < 4.78 is 10.0. The van der Waals surface area contributed by atoms with Gasteiger partial charge in [0.2, 0.25) is 0 Å². The lowest BCUT2D eigenvalue weighted by atomic mass is 10.2. The lowest BCUT2D eigenvalue weighted by Crippen LogP contribution is -2.10. The summed E-state index contributed by atoms with van der Waals surface area (Å²) in [6.45, 7) is 3.21. The van der Waals surface area contributed by atoms with E-state index in [1.165, 1.54) is 0 Å². The second kappa shape index (κ2) is 6.43. The zero-order chi connectivity index (χ0) is 11.1. The summed E-state index contributed by atoms with van der Waals surface area (Å²) in [5, 5.41) is 0.598. The van der Waals surface area contributed by atoms with Crippen LogP contribution in [0.3, 0.4) is 0 Å². The Kier molecular flexibility index (Phi) is 5.15. The molecule has 0 amide bonds. The largest absolute Gasteiger partial charge is 0.460 e. The van der Waals surface area contributed by atoms with E-state index in [4.69, 9.17) is 21.1 Å². The number of carbonyl (C=O) groups is 1. The first-order valence-electron chi connectivity index (χ1n) is 4.74. The summed E-state index contributed by atoms with van der Waals surface area (Å²) in [4.78, 5) is 11.4. The second-order valence-corrected chi connectivity index (χ2v) is 3.28. The Hall–Kier alpha value is -1.06. The summed E-state index contributed by atoms with van der Waals surface area (Å²) in [6.07, 6.45) is 0. The molecule has 15 heavy (non-hydrogen) atoms. The molecule has 1 aromatic carbocycles. The third-order valence-corrected chi connectivity index (χ3v) is 2.00. The number of ether oxygens (including phenoxy) is 2. The van der Waals surface area contributed by atoms with Crippen molar-refractivity contribution < 1.29 is 14.3 Å². The maximum atomic E-state index is 11.4. The molecule has 3 nitrogen and oxygen atoms in total. The highest BCUT2D eigenvalue weighted by Gasteiger charge is 2.05. The molecule has 82 valence electrons. The Balaban J connectivity index is 2.37. The average Bonchev–Trinajstić information content (AvgIpc) is 2.25. The molecular weight excluding hydrogens is 216 g/mol. The van der Waals surface area contributed by atoms with E-state index >= 15 is 0 Å². The summed E-state index contributed by atoms with van der Waals surface area (Å²) in [7, 11) is 0. The minimum absolute atomic E-state index is 0.273. The van der Waals surface area contributed by atoms with Crippen LogP contribution in [0.5, 0.6) is 0 Å². The SMILES string of the molecule is CCOCCOC(=O)c1ccc(Cl)cc1. The van der Waals surface area contributed by atoms with Crippen LogP contribution >= 0.6 is 11.6 Å². The van der Waals surface area contributed by atoms with E-state index in [-0.39, 0.29) is 12.6 Å². The fourth-order valence-corrected chi connectivity index (χ4v) is 1.13. The molecule has 0 spiro atoms. The quantitative estimate of drug-likeness (QED) is 0.574. The summed E-state index contributed by atoms with van der Waals surface area (Å²) in [6, 6.07) is 6.57. The van der Waals surface area contributed by atoms with Crippen LogP contribution in [0.2, 0.25) is 5.02 Å². The first kappa shape index (κ1) is 12.0. The van der Waals surface area contributed by atoms with E-state index in [1.807, 2.05) is 6.92 Å². The molecule has 0 aliphatic heterocycles. The third-order valence-electron chi connectivity index (χ3n) is 1.74. The zero-order valence-corrected chi connectivity index (χ0v) is 9.29. The molecule has 0 saturated carbocycles. The van der Waals surface area contributed by atoms with E-state index < -0.39 is 0 Å². The number of benzene rings is 1. The van der Waals surface area contributed by atoms with Crippen molar-refractivity contribution in [3.05, 3.63) is 34.9 Å². The number of carbonyl (C=O) groups excluding carboxylic acids is 1. The molecule has 0 aromatic heterocycles. The zero-order valence-electron chi connectivity index (χ0n) is 8.53. The maximum Gasteiger partial charge on any atom is 0.338 e. The van der Waals surface area contributed by atoms with Gasteiger partial charge in [0.1, 0.15) is 6.61 Å². The fraction of sp³-hybridized carbons (Fsp3) is 0.364. The van der Waals surface area contributed by atoms with E-state index in [2.05, 4.69) is 0 Å². The van der Waals surface area contributed by atoms with Gasteiger partial charge in [-0.1, -0.05) is 11.6 Å². The number of esters is 1. The topological polar surface area (TPSA) is 35.5 Å². The van der Waals surface area contributed by atoms with Gasteiger partial charge in [-0.3, -0.25) is 0 Å². The van der Waals surface area contributed by atoms with Crippen LogP contribution in [0.1, 0.15) is 17.3 Å². The van der Waals surface area contributed by atoms with Crippen molar-refractivity contribution in [3.8, 4) is 0 Å². The minimum Gasteiger partial charge on any atom is -0.460 e. The molecule has 0 atom stereocenters. The third kappa shape index (κ3) is 4.32. The standard InChI is InChI=1S/C11H13ClO3/c1-2-14-7-8-15-11(13)9-3-5-10(12)6-4-9/h3-6H,2,7-8H2,1H3. The smallest absolute Gasteiger partial charge is 0.338 e. The number of halogens is 1. The van der Waals surface area contributed by atoms with Crippen LogP contribution in [0, 0.1) is 0 Å². The van der Waals surface area contributed by atoms with Crippen molar-refractivity contribution >= 4 is 17.6 Å². The molecule has 0 N–H and O–H groups in total. The Bertz CT molecular complexity index is 308. The molecule has 0 heterocycles. The van der Waals surface area contributed by atoms with E-state index in [0.29, 0.717) is 23.8 Å². The van der Waals surface area contributed by atoms with Gasteiger partial charge in [-0.25, -0.2) is 4.79 Å². The first-order valence-corrected chi connectivity index (χ1v) is 5.12. The molecular formula is C11H13ClO3. The number of rotatable bonds is 5. The molecule has 0 unspecified atom stereocenters. The van der Waals surface area contributed by atoms with Crippen molar-refractivity contribution in [2.24, 2.45) is 0 Å². The molecule has 0 aliphatic carbocycles. The van der Waals surface area contributed by atoms with Gasteiger partial charge in [-0.15, -0.1) is 0 Å². The van der Waals surface area contributed by atoms with Crippen molar-refractivity contribution in [3.63, 3.8) is 0 Å². The van der Waals surface area contributed by atoms with Crippen LogP contribution < -0.4 is 0 Å². The Morgan fingerprint density at radius 2 is 1.93 bits per heavy atom. The molecule has 0 bridgehead atoms. The van der Waals surface area contributed by atoms with Crippen molar-refractivity contribution in [1.29, 1.82) is 0 Å². The van der Waals surface area contributed by atoms with Gasteiger partial charge in [-0.05, 0) is 31.2 Å². The van der Waals surface area contributed by atoms with Crippen molar-refractivity contribution in [2.75, 3.05) is 19.8 Å². The molecule has 1 aromatic rings. The van der Waals surface area contributed by atoms with Crippen LogP contribution in [0.15, 0.2) is 24.3 Å². The summed E-state index contributed by atoms with van der Waals surface area (Å²) >= 11 is 5.69. The van der Waals surface area contributed by atoms with Crippen LogP contribution in [-0.2, 0) is 9.47 Å². The van der Waals surface area contributed by atoms with E-state index in [0.717, 1.165) is 0 Å². The Morgan fingerprint density at radius 3 is 2.53 bits per heavy atom. The summed E-state index contributed by atoms with van der Waals surface area (Å²) in [5.41, 5.74) is 0.496.